The summed E-state index contributed by atoms with van der Waals surface area (Å²) in [5.41, 5.74) is 2.55. The van der Waals surface area contributed by atoms with Gasteiger partial charge in [0.2, 0.25) is 5.91 Å². The first-order valence-corrected chi connectivity index (χ1v) is 10.9. The Morgan fingerprint density at radius 2 is 1.66 bits per heavy atom. The van der Waals surface area contributed by atoms with Crippen molar-refractivity contribution in [2.45, 2.75) is 13.0 Å². The van der Waals surface area contributed by atoms with Crippen LogP contribution in [0.3, 0.4) is 0 Å². The van der Waals surface area contributed by atoms with E-state index >= 15 is 0 Å². The predicted molar refractivity (Wildman–Crippen MR) is 124 cm³/mol. The van der Waals surface area contributed by atoms with E-state index in [-0.39, 0.29) is 18.0 Å². The van der Waals surface area contributed by atoms with Crippen LogP contribution in [-0.4, -0.2) is 65.3 Å². The lowest BCUT2D eigenvalue weighted by atomic mass is 10.1. The van der Waals surface area contributed by atoms with Gasteiger partial charge in [-0.1, -0.05) is 30.3 Å². The molecule has 1 amide bonds. The summed E-state index contributed by atoms with van der Waals surface area (Å²) < 4.78 is 6.44. The summed E-state index contributed by atoms with van der Waals surface area (Å²) >= 11 is 0. The highest BCUT2D eigenvalue weighted by atomic mass is 16.5. The minimum Gasteiger partial charge on any atom is -0.497 e. The number of hydrogen-bond donors (Lipinski definition) is 0. The second kappa shape index (κ2) is 10.2. The fraction of sp³-hybridized carbons (Fsp3) is 0.320. The van der Waals surface area contributed by atoms with Crippen molar-refractivity contribution in [3.8, 4) is 17.0 Å². The Morgan fingerprint density at radius 3 is 2.34 bits per heavy atom. The van der Waals surface area contributed by atoms with Crippen LogP contribution < -0.4 is 10.3 Å². The molecular formula is C25H28N4O3. The van der Waals surface area contributed by atoms with E-state index in [1.807, 2.05) is 35.2 Å². The topological polar surface area (TPSA) is 67.7 Å². The van der Waals surface area contributed by atoms with Gasteiger partial charge in [-0.05, 0) is 42.3 Å². The van der Waals surface area contributed by atoms with Gasteiger partial charge >= 0.3 is 0 Å². The fourth-order valence-corrected chi connectivity index (χ4v) is 3.86. The molecule has 0 spiro atoms. The van der Waals surface area contributed by atoms with Gasteiger partial charge in [0.15, 0.2) is 0 Å². The average Bonchev–Trinajstić information content (AvgIpc) is 2.85. The van der Waals surface area contributed by atoms with Crippen LogP contribution in [0, 0.1) is 0 Å². The van der Waals surface area contributed by atoms with Crippen LogP contribution in [0.5, 0.6) is 5.75 Å². The number of aromatic nitrogens is 2. The molecule has 4 rings (SSSR count). The van der Waals surface area contributed by atoms with Gasteiger partial charge in [-0.2, -0.15) is 5.10 Å². The first kappa shape index (κ1) is 21.8. The number of piperazine rings is 1. The second-order valence-corrected chi connectivity index (χ2v) is 7.90. The summed E-state index contributed by atoms with van der Waals surface area (Å²) in [5, 5.41) is 4.42. The Balaban J connectivity index is 1.33. The minimum absolute atomic E-state index is 0.0488. The molecule has 1 aliphatic heterocycles. The zero-order valence-corrected chi connectivity index (χ0v) is 18.3. The highest BCUT2D eigenvalue weighted by Gasteiger charge is 2.21. The van der Waals surface area contributed by atoms with Crippen LogP contribution in [0.25, 0.3) is 11.3 Å². The van der Waals surface area contributed by atoms with Gasteiger partial charge < -0.3 is 9.64 Å². The van der Waals surface area contributed by atoms with Gasteiger partial charge in [-0.3, -0.25) is 14.5 Å². The number of benzene rings is 2. The van der Waals surface area contributed by atoms with E-state index in [0.717, 1.165) is 37.4 Å². The van der Waals surface area contributed by atoms with Crippen molar-refractivity contribution in [1.29, 1.82) is 0 Å². The van der Waals surface area contributed by atoms with Crippen molar-refractivity contribution in [3.63, 3.8) is 0 Å². The van der Waals surface area contributed by atoms with Gasteiger partial charge in [0, 0.05) is 44.4 Å². The zero-order chi connectivity index (χ0) is 22.3. The quantitative estimate of drug-likeness (QED) is 0.573. The van der Waals surface area contributed by atoms with E-state index < -0.39 is 0 Å². The number of amides is 1. The molecule has 7 nitrogen and oxygen atoms in total. The van der Waals surface area contributed by atoms with Gasteiger partial charge in [0.25, 0.3) is 5.56 Å². The molecule has 1 aliphatic rings. The van der Waals surface area contributed by atoms with Gasteiger partial charge in [-0.25, -0.2) is 4.68 Å². The molecule has 0 bridgehead atoms. The van der Waals surface area contributed by atoms with Crippen molar-refractivity contribution < 1.29 is 9.53 Å². The molecule has 3 aromatic rings. The number of carbonyl (C=O) groups excluding carboxylic acids is 1. The number of carbonyl (C=O) groups is 1. The van der Waals surface area contributed by atoms with Crippen LogP contribution in [-0.2, 0) is 17.8 Å². The van der Waals surface area contributed by atoms with Crippen LogP contribution in [0.4, 0.5) is 0 Å². The van der Waals surface area contributed by atoms with Crippen molar-refractivity contribution in [3.05, 3.63) is 82.6 Å². The Bertz CT molecular complexity index is 1090. The highest BCUT2D eigenvalue weighted by Crippen LogP contribution is 2.19. The molecule has 0 radical (unpaired) electrons. The van der Waals surface area contributed by atoms with Crippen LogP contribution in [0.15, 0.2) is 71.5 Å². The van der Waals surface area contributed by atoms with Crippen molar-refractivity contribution in [1.82, 2.24) is 19.6 Å². The summed E-state index contributed by atoms with van der Waals surface area (Å²) in [6.07, 6.45) is 1.01. The molecule has 1 saturated heterocycles. The van der Waals surface area contributed by atoms with E-state index in [1.165, 1.54) is 16.3 Å². The Morgan fingerprint density at radius 1 is 0.938 bits per heavy atom. The normalized spacial score (nSPS) is 14.3. The van der Waals surface area contributed by atoms with E-state index in [2.05, 4.69) is 34.3 Å². The molecule has 0 atom stereocenters. The van der Waals surface area contributed by atoms with Crippen LogP contribution >= 0.6 is 0 Å². The summed E-state index contributed by atoms with van der Waals surface area (Å²) in [6, 6.07) is 21.0. The standard InChI is InChI=1S/C25H28N4O3/c1-32-22-9-7-21(8-10-22)23-11-12-24(30)29(26-23)19-25(31)28-17-15-27(16-18-28)14-13-20-5-3-2-4-6-20/h2-12H,13-19H2,1H3. The van der Waals surface area contributed by atoms with E-state index in [4.69, 9.17) is 4.74 Å². The largest absolute Gasteiger partial charge is 0.497 e. The van der Waals surface area contributed by atoms with Gasteiger partial charge in [0.1, 0.15) is 12.3 Å². The summed E-state index contributed by atoms with van der Waals surface area (Å²) in [4.78, 5) is 29.3. The van der Waals surface area contributed by atoms with Gasteiger partial charge in [0.05, 0.1) is 12.8 Å². The number of methoxy groups -OCH3 is 1. The molecule has 2 heterocycles. The predicted octanol–water partition coefficient (Wildman–Crippen LogP) is 2.31. The average molecular weight is 433 g/mol. The molecule has 7 heteroatoms. The van der Waals surface area contributed by atoms with E-state index in [1.54, 1.807) is 13.2 Å². The molecule has 32 heavy (non-hydrogen) atoms. The van der Waals surface area contributed by atoms with Crippen LogP contribution in [0.1, 0.15) is 5.56 Å². The Hall–Kier alpha value is -3.45. The lowest BCUT2D eigenvalue weighted by Gasteiger charge is -2.34. The molecule has 0 unspecified atom stereocenters. The van der Waals surface area contributed by atoms with E-state index in [9.17, 15) is 9.59 Å². The van der Waals surface area contributed by atoms with Crippen molar-refractivity contribution >= 4 is 5.91 Å². The monoisotopic (exact) mass is 432 g/mol. The third-order valence-corrected chi connectivity index (χ3v) is 5.82. The molecule has 1 fully saturated rings. The molecule has 2 aromatic carbocycles. The smallest absolute Gasteiger partial charge is 0.267 e. The van der Waals surface area contributed by atoms with Crippen molar-refractivity contribution in [2.24, 2.45) is 0 Å². The third kappa shape index (κ3) is 5.42. The highest BCUT2D eigenvalue weighted by molar-refractivity contribution is 5.76. The SMILES string of the molecule is COc1ccc(-c2ccc(=O)n(CC(=O)N3CCN(CCc4ccccc4)CC3)n2)cc1. The summed E-state index contributed by atoms with van der Waals surface area (Å²) in [5.74, 6) is 0.675. The number of rotatable bonds is 7. The molecule has 166 valence electrons. The number of ether oxygens (including phenoxy) is 1. The number of hydrogen-bond acceptors (Lipinski definition) is 5. The van der Waals surface area contributed by atoms with Gasteiger partial charge in [-0.15, -0.1) is 0 Å². The lowest BCUT2D eigenvalue weighted by molar-refractivity contribution is -0.133. The maximum atomic E-state index is 12.8. The maximum Gasteiger partial charge on any atom is 0.267 e. The third-order valence-electron chi connectivity index (χ3n) is 5.82. The number of nitrogens with zero attached hydrogens (tertiary/aromatic N) is 4. The lowest BCUT2D eigenvalue weighted by Crippen LogP contribution is -2.50. The molecule has 0 saturated carbocycles. The molecular weight excluding hydrogens is 404 g/mol. The summed E-state index contributed by atoms with van der Waals surface area (Å²) in [7, 11) is 1.61. The molecule has 0 aliphatic carbocycles. The first-order chi connectivity index (χ1) is 15.6. The van der Waals surface area contributed by atoms with Crippen molar-refractivity contribution in [2.75, 3.05) is 39.8 Å². The molecule has 1 aromatic heterocycles. The second-order valence-electron chi connectivity index (χ2n) is 7.90. The Kier molecular flexibility index (Phi) is 6.97. The first-order valence-electron chi connectivity index (χ1n) is 10.9. The molecule has 0 N–H and O–H groups in total. The Labute approximate surface area is 187 Å². The van der Waals surface area contributed by atoms with E-state index in [0.29, 0.717) is 18.8 Å². The fourth-order valence-electron chi connectivity index (χ4n) is 3.86. The zero-order valence-electron chi connectivity index (χ0n) is 18.3. The van der Waals surface area contributed by atoms with Crippen LogP contribution in [0.2, 0.25) is 0 Å². The minimum atomic E-state index is -0.280. The summed E-state index contributed by atoms with van der Waals surface area (Å²) in [6.45, 7) is 3.95. The maximum absolute atomic E-state index is 12.8.